The maximum atomic E-state index is 12.3. The zero-order valence-electron chi connectivity index (χ0n) is 12.0. The lowest BCUT2D eigenvalue weighted by Gasteiger charge is -2.38. The third-order valence-electron chi connectivity index (χ3n) is 3.91. The standard InChI is InChI=1S/C14H15NO7/c1-4-10(16)8-7-5(21-4)3-6(20-2)22-13(7)9(14(15)19)12(18)11(8)17/h4-6,17-18H,3H2,1-2H3,(H2,15,19). The van der Waals surface area contributed by atoms with Gasteiger partial charge < -0.3 is 30.2 Å². The third kappa shape index (κ3) is 1.84. The Labute approximate surface area is 125 Å². The number of rotatable bonds is 2. The summed E-state index contributed by atoms with van der Waals surface area (Å²) in [6.45, 7) is 1.54. The van der Waals surface area contributed by atoms with Gasteiger partial charge in [-0.3, -0.25) is 9.59 Å². The van der Waals surface area contributed by atoms with Crippen LogP contribution in [-0.2, 0) is 9.47 Å². The predicted molar refractivity (Wildman–Crippen MR) is 72.0 cm³/mol. The van der Waals surface area contributed by atoms with Crippen LogP contribution in [0.3, 0.4) is 0 Å². The van der Waals surface area contributed by atoms with Gasteiger partial charge in [-0.2, -0.15) is 0 Å². The van der Waals surface area contributed by atoms with E-state index in [0.717, 1.165) is 0 Å². The van der Waals surface area contributed by atoms with Crippen molar-refractivity contribution in [3.05, 3.63) is 16.7 Å². The van der Waals surface area contributed by atoms with Crippen molar-refractivity contribution in [1.82, 2.24) is 0 Å². The monoisotopic (exact) mass is 309 g/mol. The van der Waals surface area contributed by atoms with Crippen molar-refractivity contribution in [2.45, 2.75) is 31.8 Å². The Balaban J connectivity index is 2.35. The number of hydrogen-bond donors (Lipinski definition) is 3. The lowest BCUT2D eigenvalue weighted by molar-refractivity contribution is -0.118. The van der Waals surface area contributed by atoms with Gasteiger partial charge in [-0.25, -0.2) is 0 Å². The normalized spacial score (nSPS) is 26.3. The average molecular weight is 309 g/mol. The molecule has 0 aromatic heterocycles. The number of hydrogen-bond acceptors (Lipinski definition) is 7. The molecule has 0 fully saturated rings. The van der Waals surface area contributed by atoms with Crippen molar-refractivity contribution in [3.63, 3.8) is 0 Å². The van der Waals surface area contributed by atoms with E-state index in [0.29, 0.717) is 0 Å². The first-order valence-corrected chi connectivity index (χ1v) is 6.67. The van der Waals surface area contributed by atoms with Crippen LogP contribution < -0.4 is 10.5 Å². The summed E-state index contributed by atoms with van der Waals surface area (Å²) < 4.78 is 16.3. The molecule has 0 saturated carbocycles. The summed E-state index contributed by atoms with van der Waals surface area (Å²) >= 11 is 0. The molecule has 118 valence electrons. The number of benzene rings is 1. The number of nitrogens with two attached hydrogens (primary N) is 1. The summed E-state index contributed by atoms with van der Waals surface area (Å²) in [5.74, 6) is -3.04. The minimum absolute atomic E-state index is 0.0823. The molecule has 2 heterocycles. The highest BCUT2D eigenvalue weighted by molar-refractivity contribution is 6.09. The largest absolute Gasteiger partial charge is 0.504 e. The highest BCUT2D eigenvalue weighted by Gasteiger charge is 2.44. The summed E-state index contributed by atoms with van der Waals surface area (Å²) in [5.41, 5.74) is 4.98. The van der Waals surface area contributed by atoms with Gasteiger partial charge in [0.25, 0.3) is 5.91 Å². The molecule has 8 heteroatoms. The predicted octanol–water partition coefficient (Wildman–Crippen LogP) is 0.594. The van der Waals surface area contributed by atoms with Gasteiger partial charge in [0.15, 0.2) is 17.3 Å². The fourth-order valence-corrected chi connectivity index (χ4v) is 2.88. The summed E-state index contributed by atoms with van der Waals surface area (Å²) in [4.78, 5) is 23.9. The van der Waals surface area contributed by atoms with E-state index in [1.807, 2.05) is 0 Å². The van der Waals surface area contributed by atoms with E-state index in [4.69, 9.17) is 19.9 Å². The van der Waals surface area contributed by atoms with Gasteiger partial charge in [-0.05, 0) is 6.92 Å². The Morgan fingerprint density at radius 1 is 1.36 bits per heavy atom. The molecule has 0 aliphatic carbocycles. The molecular formula is C14H15NO7. The Bertz CT molecular complexity index is 685. The molecular weight excluding hydrogens is 294 g/mol. The maximum absolute atomic E-state index is 12.3. The van der Waals surface area contributed by atoms with E-state index in [9.17, 15) is 19.8 Å². The van der Waals surface area contributed by atoms with Gasteiger partial charge >= 0.3 is 0 Å². The lowest BCUT2D eigenvalue weighted by Crippen LogP contribution is -2.38. The second-order valence-corrected chi connectivity index (χ2v) is 5.20. The summed E-state index contributed by atoms with van der Waals surface area (Å²) in [7, 11) is 1.41. The highest BCUT2D eigenvalue weighted by Crippen LogP contribution is 2.52. The van der Waals surface area contributed by atoms with E-state index in [1.54, 1.807) is 6.92 Å². The van der Waals surface area contributed by atoms with E-state index in [1.165, 1.54) is 7.11 Å². The molecule has 1 aromatic rings. The number of carbonyl (C=O) groups is 2. The second kappa shape index (κ2) is 4.85. The van der Waals surface area contributed by atoms with Crippen molar-refractivity contribution in [2.24, 2.45) is 5.73 Å². The molecule has 2 aliphatic rings. The quantitative estimate of drug-likeness (QED) is 0.682. The van der Waals surface area contributed by atoms with Crippen LogP contribution >= 0.6 is 0 Å². The molecule has 1 amide bonds. The van der Waals surface area contributed by atoms with Crippen molar-refractivity contribution in [1.29, 1.82) is 0 Å². The lowest BCUT2D eigenvalue weighted by atomic mass is 9.86. The number of phenolic OH excluding ortho intramolecular Hbond substituents is 1. The van der Waals surface area contributed by atoms with Gasteiger partial charge in [-0.1, -0.05) is 0 Å². The van der Waals surface area contributed by atoms with Crippen LogP contribution in [0.5, 0.6) is 17.2 Å². The summed E-state index contributed by atoms with van der Waals surface area (Å²) in [5, 5.41) is 20.2. The molecule has 0 radical (unpaired) electrons. The van der Waals surface area contributed by atoms with Crippen LogP contribution in [0.4, 0.5) is 0 Å². The van der Waals surface area contributed by atoms with Gasteiger partial charge in [0.2, 0.25) is 6.29 Å². The average Bonchev–Trinajstić information content (AvgIpc) is 2.46. The molecule has 0 saturated heterocycles. The van der Waals surface area contributed by atoms with Gasteiger partial charge in [-0.15, -0.1) is 0 Å². The maximum Gasteiger partial charge on any atom is 0.256 e. The first-order valence-electron chi connectivity index (χ1n) is 6.67. The first kappa shape index (κ1) is 14.6. The van der Waals surface area contributed by atoms with Crippen LogP contribution in [0.1, 0.15) is 45.7 Å². The van der Waals surface area contributed by atoms with Crippen LogP contribution in [-0.4, -0.2) is 41.4 Å². The van der Waals surface area contributed by atoms with Gasteiger partial charge in [0.1, 0.15) is 17.4 Å². The molecule has 4 N–H and O–H groups in total. The zero-order chi connectivity index (χ0) is 16.2. The van der Waals surface area contributed by atoms with Crippen LogP contribution in [0.15, 0.2) is 0 Å². The third-order valence-corrected chi connectivity index (χ3v) is 3.91. The van der Waals surface area contributed by atoms with E-state index in [-0.39, 0.29) is 23.3 Å². The fraction of sp³-hybridized carbons (Fsp3) is 0.429. The van der Waals surface area contributed by atoms with Crippen molar-refractivity contribution >= 4 is 11.7 Å². The molecule has 2 aliphatic heterocycles. The minimum Gasteiger partial charge on any atom is -0.504 e. The summed E-state index contributed by atoms with van der Waals surface area (Å²) in [6, 6.07) is 0. The molecule has 3 atom stereocenters. The number of primary amides is 1. The van der Waals surface area contributed by atoms with Crippen LogP contribution in [0, 0.1) is 0 Å². The smallest absolute Gasteiger partial charge is 0.256 e. The Morgan fingerprint density at radius 2 is 2.05 bits per heavy atom. The number of methoxy groups -OCH3 is 1. The van der Waals surface area contributed by atoms with Gasteiger partial charge in [0.05, 0.1) is 11.7 Å². The SMILES string of the molecule is COC1CC2OC(C)C(=O)c3c(O)c(O)c(C(N)=O)c(c32)O1. The Kier molecular flexibility index (Phi) is 3.22. The number of ketones is 1. The first-order chi connectivity index (χ1) is 10.4. The van der Waals surface area contributed by atoms with E-state index < -0.39 is 47.3 Å². The number of aromatic hydroxyl groups is 2. The molecule has 1 aromatic carbocycles. The fourth-order valence-electron chi connectivity index (χ4n) is 2.88. The molecule has 8 nitrogen and oxygen atoms in total. The van der Waals surface area contributed by atoms with E-state index >= 15 is 0 Å². The van der Waals surface area contributed by atoms with Crippen molar-refractivity contribution < 1.29 is 34.0 Å². The van der Waals surface area contributed by atoms with Crippen molar-refractivity contribution in [2.75, 3.05) is 7.11 Å². The summed E-state index contributed by atoms with van der Waals surface area (Å²) in [6.07, 6.45) is -1.87. The second-order valence-electron chi connectivity index (χ2n) is 5.20. The van der Waals surface area contributed by atoms with Crippen LogP contribution in [0.2, 0.25) is 0 Å². The van der Waals surface area contributed by atoms with Crippen LogP contribution in [0.25, 0.3) is 0 Å². The molecule has 22 heavy (non-hydrogen) atoms. The van der Waals surface area contributed by atoms with Crippen molar-refractivity contribution in [3.8, 4) is 17.2 Å². The van der Waals surface area contributed by atoms with Gasteiger partial charge in [0, 0.05) is 19.1 Å². The molecule has 0 spiro atoms. The zero-order valence-corrected chi connectivity index (χ0v) is 12.0. The Morgan fingerprint density at radius 3 is 2.64 bits per heavy atom. The number of carbonyl (C=O) groups excluding carboxylic acids is 2. The number of phenols is 2. The minimum atomic E-state index is -0.993. The molecule has 3 rings (SSSR count). The molecule has 0 bridgehead atoms. The molecule has 3 unspecified atom stereocenters. The topological polar surface area (TPSA) is 128 Å². The number of ether oxygens (including phenoxy) is 3. The number of amides is 1. The highest BCUT2D eigenvalue weighted by atomic mass is 16.7. The Hall–Kier alpha value is -2.32. The van der Waals surface area contributed by atoms with E-state index in [2.05, 4.69) is 0 Å². The number of Topliss-reactive ketones (excluding diaryl/α,β-unsaturated/α-hetero) is 1.